The fourth-order valence-electron chi connectivity index (χ4n) is 1.62. The molecule has 0 unspecified atom stereocenters. The quantitative estimate of drug-likeness (QED) is 0.776. The second-order valence-corrected chi connectivity index (χ2v) is 4.41. The van der Waals surface area contributed by atoms with Crippen LogP contribution in [0.15, 0.2) is 18.2 Å². The molecular formula is C15H21NO5. The van der Waals surface area contributed by atoms with Gasteiger partial charge < -0.3 is 19.5 Å². The van der Waals surface area contributed by atoms with Gasteiger partial charge in [0.1, 0.15) is 12.7 Å². The molecule has 0 bridgehead atoms. The summed E-state index contributed by atoms with van der Waals surface area (Å²) in [4.78, 5) is 22.7. The van der Waals surface area contributed by atoms with Gasteiger partial charge in [0.25, 0.3) is 5.91 Å². The zero-order valence-electron chi connectivity index (χ0n) is 12.8. The van der Waals surface area contributed by atoms with Crippen LogP contribution in [0.3, 0.4) is 0 Å². The van der Waals surface area contributed by atoms with E-state index in [1.54, 1.807) is 39.1 Å². The highest BCUT2D eigenvalue weighted by Crippen LogP contribution is 2.28. The lowest BCUT2D eigenvalue weighted by Gasteiger charge is -2.16. The minimum absolute atomic E-state index is 0.204. The Hall–Kier alpha value is -2.24. The maximum absolute atomic E-state index is 11.5. The van der Waals surface area contributed by atoms with Crippen molar-refractivity contribution in [1.82, 2.24) is 5.32 Å². The average Bonchev–Trinajstić information content (AvgIpc) is 2.51. The molecule has 1 N–H and O–H groups in total. The summed E-state index contributed by atoms with van der Waals surface area (Å²) in [6.45, 7) is 3.69. The second kappa shape index (κ2) is 8.14. The lowest BCUT2D eigenvalue weighted by atomic mass is 10.2. The lowest BCUT2D eigenvalue weighted by molar-refractivity contribution is -0.149. The van der Waals surface area contributed by atoms with Crippen LogP contribution in [0, 0.1) is 0 Å². The molecule has 21 heavy (non-hydrogen) atoms. The Morgan fingerprint density at radius 2 is 2.00 bits per heavy atom. The summed E-state index contributed by atoms with van der Waals surface area (Å²) >= 11 is 0. The van der Waals surface area contributed by atoms with E-state index in [9.17, 15) is 9.59 Å². The maximum Gasteiger partial charge on any atom is 0.305 e. The number of ether oxygens (including phenoxy) is 3. The van der Waals surface area contributed by atoms with E-state index < -0.39 is 0 Å². The number of methoxy groups -OCH3 is 1. The summed E-state index contributed by atoms with van der Waals surface area (Å²) < 4.78 is 15.9. The molecule has 1 rings (SSSR count). The number of benzene rings is 1. The smallest absolute Gasteiger partial charge is 0.305 e. The zero-order chi connectivity index (χ0) is 15.8. The van der Waals surface area contributed by atoms with Crippen molar-refractivity contribution in [2.45, 2.75) is 26.4 Å². The van der Waals surface area contributed by atoms with Crippen LogP contribution >= 0.6 is 0 Å². The summed E-state index contributed by atoms with van der Waals surface area (Å²) in [6.07, 6.45) is -0.0325. The van der Waals surface area contributed by atoms with E-state index >= 15 is 0 Å². The van der Waals surface area contributed by atoms with Crippen LogP contribution in [0.4, 0.5) is 0 Å². The number of amides is 1. The highest BCUT2D eigenvalue weighted by Gasteiger charge is 2.13. The fraction of sp³-hybridized carbons (Fsp3) is 0.467. The van der Waals surface area contributed by atoms with E-state index in [0.717, 1.165) is 0 Å². The third-order valence-corrected chi connectivity index (χ3v) is 2.75. The highest BCUT2D eigenvalue weighted by atomic mass is 16.6. The van der Waals surface area contributed by atoms with Gasteiger partial charge in [-0.1, -0.05) is 6.92 Å². The monoisotopic (exact) mass is 295 g/mol. The van der Waals surface area contributed by atoms with Crippen LogP contribution in [0.1, 0.15) is 30.6 Å². The van der Waals surface area contributed by atoms with Gasteiger partial charge in [-0.25, -0.2) is 0 Å². The van der Waals surface area contributed by atoms with Gasteiger partial charge in [-0.05, 0) is 25.1 Å². The lowest BCUT2D eigenvalue weighted by Crippen LogP contribution is -2.22. The van der Waals surface area contributed by atoms with Crippen molar-refractivity contribution in [1.29, 1.82) is 0 Å². The van der Waals surface area contributed by atoms with Gasteiger partial charge in [0, 0.05) is 19.0 Å². The van der Waals surface area contributed by atoms with E-state index in [0.29, 0.717) is 23.5 Å². The Bertz CT molecular complexity index is 501. The molecule has 0 aliphatic rings. The molecule has 0 fully saturated rings. The van der Waals surface area contributed by atoms with Crippen molar-refractivity contribution < 1.29 is 23.8 Å². The maximum atomic E-state index is 11.5. The molecule has 0 aliphatic heterocycles. The number of rotatable bonds is 7. The first-order valence-corrected chi connectivity index (χ1v) is 6.74. The molecule has 6 heteroatoms. The largest absolute Gasteiger partial charge is 0.493 e. The Kier molecular flexibility index (Phi) is 6.52. The summed E-state index contributed by atoms with van der Waals surface area (Å²) in [5, 5.41) is 2.54. The fourth-order valence-corrected chi connectivity index (χ4v) is 1.62. The molecule has 0 heterocycles. The first kappa shape index (κ1) is 16.8. The SMILES string of the molecule is CCC(=O)O[C@H](C)COc1ccc(C(=O)NC)cc1OC. The minimum atomic E-state index is -0.360. The number of hydrogen-bond acceptors (Lipinski definition) is 5. The molecule has 1 atom stereocenters. The Morgan fingerprint density at radius 1 is 1.29 bits per heavy atom. The predicted molar refractivity (Wildman–Crippen MR) is 77.7 cm³/mol. The molecule has 0 saturated heterocycles. The molecule has 0 spiro atoms. The third kappa shape index (κ3) is 4.98. The standard InChI is InChI=1S/C15H21NO5/c1-5-14(17)21-10(2)9-20-12-7-6-11(15(18)16-3)8-13(12)19-4/h6-8,10H,5,9H2,1-4H3,(H,16,18)/t10-/m1/s1. The van der Waals surface area contributed by atoms with Crippen LogP contribution in [-0.4, -0.2) is 38.7 Å². The molecule has 1 aromatic rings. The topological polar surface area (TPSA) is 73.9 Å². The van der Waals surface area contributed by atoms with Gasteiger partial charge >= 0.3 is 5.97 Å². The third-order valence-electron chi connectivity index (χ3n) is 2.75. The summed E-state index contributed by atoms with van der Waals surface area (Å²) in [7, 11) is 3.05. The van der Waals surface area contributed by atoms with Gasteiger partial charge in [-0.15, -0.1) is 0 Å². The van der Waals surface area contributed by atoms with Crippen LogP contribution in [-0.2, 0) is 9.53 Å². The first-order chi connectivity index (χ1) is 10.0. The second-order valence-electron chi connectivity index (χ2n) is 4.41. The number of carbonyl (C=O) groups is 2. The molecule has 0 aliphatic carbocycles. The van der Waals surface area contributed by atoms with Crippen LogP contribution in [0.25, 0.3) is 0 Å². The van der Waals surface area contributed by atoms with Gasteiger partial charge in [-0.2, -0.15) is 0 Å². The molecule has 0 radical (unpaired) electrons. The Labute approximate surface area is 124 Å². The zero-order valence-corrected chi connectivity index (χ0v) is 12.8. The van der Waals surface area contributed by atoms with Crippen molar-refractivity contribution in [3.05, 3.63) is 23.8 Å². The van der Waals surface area contributed by atoms with Gasteiger partial charge in [-0.3, -0.25) is 9.59 Å². The van der Waals surface area contributed by atoms with E-state index in [1.165, 1.54) is 7.11 Å². The Balaban J connectivity index is 2.70. The van der Waals surface area contributed by atoms with Gasteiger partial charge in [0.05, 0.1) is 7.11 Å². The van der Waals surface area contributed by atoms with Crippen LogP contribution in [0.5, 0.6) is 11.5 Å². The normalized spacial score (nSPS) is 11.4. The molecule has 116 valence electrons. The van der Waals surface area contributed by atoms with Gasteiger partial charge in [0.2, 0.25) is 0 Å². The van der Waals surface area contributed by atoms with Crippen molar-refractivity contribution in [2.24, 2.45) is 0 Å². The van der Waals surface area contributed by atoms with E-state index in [2.05, 4.69) is 5.32 Å². The summed E-state index contributed by atoms with van der Waals surface area (Å²) in [6, 6.07) is 4.88. The summed E-state index contributed by atoms with van der Waals surface area (Å²) in [5.74, 6) is 0.466. The van der Waals surface area contributed by atoms with Crippen LogP contribution in [0.2, 0.25) is 0 Å². The number of nitrogens with one attached hydrogen (secondary N) is 1. The number of esters is 1. The molecule has 0 aromatic heterocycles. The van der Waals surface area contributed by atoms with Crippen molar-refractivity contribution in [3.63, 3.8) is 0 Å². The number of hydrogen-bond donors (Lipinski definition) is 1. The van der Waals surface area contributed by atoms with Crippen LogP contribution < -0.4 is 14.8 Å². The molecule has 0 saturated carbocycles. The Morgan fingerprint density at radius 3 is 2.57 bits per heavy atom. The van der Waals surface area contributed by atoms with E-state index in [1.807, 2.05) is 0 Å². The average molecular weight is 295 g/mol. The predicted octanol–water partition coefficient (Wildman–Crippen LogP) is 1.78. The van der Waals surface area contributed by atoms with E-state index in [4.69, 9.17) is 14.2 Å². The summed E-state index contributed by atoms with van der Waals surface area (Å²) in [5.41, 5.74) is 0.479. The van der Waals surface area contributed by atoms with E-state index in [-0.39, 0.29) is 24.6 Å². The minimum Gasteiger partial charge on any atom is -0.493 e. The molecule has 1 amide bonds. The highest BCUT2D eigenvalue weighted by molar-refractivity contribution is 5.94. The molecule has 1 aromatic carbocycles. The molecule has 6 nitrogen and oxygen atoms in total. The van der Waals surface area contributed by atoms with Crippen molar-refractivity contribution >= 4 is 11.9 Å². The van der Waals surface area contributed by atoms with Gasteiger partial charge in [0.15, 0.2) is 11.5 Å². The van der Waals surface area contributed by atoms with Crippen molar-refractivity contribution in [2.75, 3.05) is 20.8 Å². The number of carbonyl (C=O) groups excluding carboxylic acids is 2. The first-order valence-electron chi connectivity index (χ1n) is 6.74. The van der Waals surface area contributed by atoms with Crippen molar-refractivity contribution in [3.8, 4) is 11.5 Å². The molecular weight excluding hydrogens is 274 g/mol.